The van der Waals surface area contributed by atoms with Gasteiger partial charge in [0.2, 0.25) is 5.91 Å². The molecule has 5 rings (SSSR count). The Bertz CT molecular complexity index is 1250. The highest BCUT2D eigenvalue weighted by Crippen LogP contribution is 2.26. The van der Waals surface area contributed by atoms with Crippen LogP contribution in [0.2, 0.25) is 5.02 Å². The van der Waals surface area contributed by atoms with Gasteiger partial charge in [-0.3, -0.25) is 14.5 Å². The van der Waals surface area contributed by atoms with E-state index in [1.807, 2.05) is 59.5 Å². The first-order chi connectivity index (χ1) is 19.1. The molecule has 1 aromatic heterocycles. The Hall–Kier alpha value is -3.53. The molecule has 9 nitrogen and oxygen atoms in total. The minimum absolute atomic E-state index is 0.0407. The third kappa shape index (κ3) is 6.92. The topological polar surface area (TPSA) is 82.1 Å². The number of hydrogen-bond acceptors (Lipinski definition) is 7. The Kier molecular flexibility index (Phi) is 9.03. The van der Waals surface area contributed by atoms with Crippen LogP contribution in [0.3, 0.4) is 0 Å². The Morgan fingerprint density at radius 2 is 1.56 bits per heavy atom. The van der Waals surface area contributed by atoms with Crippen molar-refractivity contribution in [3.63, 3.8) is 0 Å². The van der Waals surface area contributed by atoms with Crippen LogP contribution in [0.1, 0.15) is 10.4 Å². The number of ether oxygens (including phenoxy) is 1. The van der Waals surface area contributed by atoms with Crippen molar-refractivity contribution < 1.29 is 14.3 Å². The molecule has 2 aliphatic rings. The van der Waals surface area contributed by atoms with Gasteiger partial charge in [0.25, 0.3) is 5.91 Å². The zero-order valence-corrected chi connectivity index (χ0v) is 22.7. The van der Waals surface area contributed by atoms with Crippen molar-refractivity contribution in [1.82, 2.24) is 24.9 Å². The van der Waals surface area contributed by atoms with Gasteiger partial charge < -0.3 is 19.4 Å². The largest absolute Gasteiger partial charge is 0.379 e. The summed E-state index contributed by atoms with van der Waals surface area (Å²) < 4.78 is 5.44. The van der Waals surface area contributed by atoms with Crippen LogP contribution in [-0.4, -0.2) is 109 Å². The average molecular weight is 549 g/mol. The number of carbonyl (C=O) groups excluding carboxylic acids is 2. The van der Waals surface area contributed by atoms with Gasteiger partial charge in [-0.05, 0) is 30.3 Å². The summed E-state index contributed by atoms with van der Waals surface area (Å²) in [5.41, 5.74) is 2.16. The van der Waals surface area contributed by atoms with Crippen LogP contribution in [0.25, 0.3) is 11.3 Å². The maximum atomic E-state index is 13.3. The second kappa shape index (κ2) is 13.0. The maximum absolute atomic E-state index is 13.3. The minimum atomic E-state index is -0.121. The predicted molar refractivity (Wildman–Crippen MR) is 151 cm³/mol. The van der Waals surface area contributed by atoms with E-state index < -0.39 is 0 Å². The Balaban J connectivity index is 1.18. The van der Waals surface area contributed by atoms with Gasteiger partial charge in [-0.25, -0.2) is 0 Å². The molecule has 39 heavy (non-hydrogen) atoms. The lowest BCUT2D eigenvalue weighted by Crippen LogP contribution is -2.53. The fraction of sp³-hybridized carbons (Fsp3) is 0.379. The Morgan fingerprint density at radius 1 is 0.846 bits per heavy atom. The van der Waals surface area contributed by atoms with E-state index in [0.29, 0.717) is 63.1 Å². The monoisotopic (exact) mass is 548 g/mol. The average Bonchev–Trinajstić information content (AvgIpc) is 3.00. The summed E-state index contributed by atoms with van der Waals surface area (Å²) >= 11 is 6.29. The van der Waals surface area contributed by atoms with Crippen molar-refractivity contribution in [1.29, 1.82) is 0 Å². The summed E-state index contributed by atoms with van der Waals surface area (Å²) in [7, 11) is 0. The van der Waals surface area contributed by atoms with Gasteiger partial charge in [0.15, 0.2) is 5.82 Å². The molecule has 204 valence electrons. The van der Waals surface area contributed by atoms with E-state index in [2.05, 4.69) is 20.0 Å². The van der Waals surface area contributed by atoms with E-state index in [1.54, 1.807) is 17.0 Å². The lowest BCUT2D eigenvalue weighted by molar-refractivity contribution is -0.132. The molecule has 0 bridgehead atoms. The van der Waals surface area contributed by atoms with Gasteiger partial charge >= 0.3 is 0 Å². The first-order valence-corrected chi connectivity index (χ1v) is 13.7. The first kappa shape index (κ1) is 27.1. The van der Waals surface area contributed by atoms with Crippen LogP contribution in [0.4, 0.5) is 5.82 Å². The quantitative estimate of drug-likeness (QED) is 0.428. The number of hydrogen-bond donors (Lipinski definition) is 0. The highest BCUT2D eigenvalue weighted by molar-refractivity contribution is 6.33. The number of carbonyl (C=O) groups is 2. The molecule has 3 heterocycles. The van der Waals surface area contributed by atoms with Crippen LogP contribution in [0.15, 0.2) is 66.7 Å². The standard InChI is InChI=1S/C29H33ClN6O3/c30-25-9-5-4-8-24(25)26-10-11-27(32-31-26)34-14-16-35(17-15-34)28(37)22-36(13-12-33-18-20-39-21-19-33)29(38)23-6-2-1-3-7-23/h1-11H,12-22H2. The van der Waals surface area contributed by atoms with Gasteiger partial charge in [-0.15, -0.1) is 10.2 Å². The zero-order chi connectivity index (χ0) is 27.0. The second-order valence-corrected chi connectivity index (χ2v) is 10.1. The molecule has 10 heteroatoms. The molecule has 0 N–H and O–H groups in total. The second-order valence-electron chi connectivity index (χ2n) is 9.67. The minimum Gasteiger partial charge on any atom is -0.379 e. The summed E-state index contributed by atoms with van der Waals surface area (Å²) in [4.78, 5) is 34.5. The molecule has 0 unspecified atom stereocenters. The highest BCUT2D eigenvalue weighted by Gasteiger charge is 2.26. The van der Waals surface area contributed by atoms with Crippen LogP contribution in [0.5, 0.6) is 0 Å². The first-order valence-electron chi connectivity index (χ1n) is 13.3. The summed E-state index contributed by atoms with van der Waals surface area (Å²) in [6.07, 6.45) is 0. The van der Waals surface area contributed by atoms with Crippen LogP contribution < -0.4 is 4.90 Å². The molecule has 0 saturated carbocycles. The van der Waals surface area contributed by atoms with Crippen molar-refractivity contribution in [2.24, 2.45) is 0 Å². The van der Waals surface area contributed by atoms with Crippen molar-refractivity contribution in [3.8, 4) is 11.3 Å². The lowest BCUT2D eigenvalue weighted by Gasteiger charge is -2.36. The predicted octanol–water partition coefficient (Wildman–Crippen LogP) is 2.92. The van der Waals surface area contributed by atoms with E-state index in [-0.39, 0.29) is 18.4 Å². The molecular formula is C29H33ClN6O3. The SMILES string of the molecule is O=C(CN(CCN1CCOCC1)C(=O)c1ccccc1)N1CCN(c2ccc(-c3ccccc3Cl)nn2)CC1. The van der Waals surface area contributed by atoms with Gasteiger partial charge in [0.1, 0.15) is 6.54 Å². The molecule has 0 spiro atoms. The van der Waals surface area contributed by atoms with E-state index in [1.165, 1.54) is 0 Å². The van der Waals surface area contributed by atoms with Crippen molar-refractivity contribution >= 4 is 29.2 Å². The van der Waals surface area contributed by atoms with Gasteiger partial charge in [0.05, 0.1) is 23.9 Å². The maximum Gasteiger partial charge on any atom is 0.254 e. The number of anilines is 1. The van der Waals surface area contributed by atoms with Crippen LogP contribution in [-0.2, 0) is 9.53 Å². The number of piperazine rings is 1. The van der Waals surface area contributed by atoms with Crippen molar-refractivity contribution in [3.05, 3.63) is 77.3 Å². The van der Waals surface area contributed by atoms with Crippen molar-refractivity contribution in [2.45, 2.75) is 0 Å². The molecule has 2 saturated heterocycles. The fourth-order valence-corrected chi connectivity index (χ4v) is 5.09. The molecule has 0 atom stereocenters. The van der Waals surface area contributed by atoms with E-state index >= 15 is 0 Å². The Labute approximate surface area is 233 Å². The molecule has 2 aliphatic heterocycles. The molecular weight excluding hydrogens is 516 g/mol. The van der Waals surface area contributed by atoms with Gasteiger partial charge in [-0.1, -0.05) is 48.0 Å². The van der Waals surface area contributed by atoms with Gasteiger partial charge in [0, 0.05) is 63.5 Å². The number of rotatable bonds is 8. The Morgan fingerprint density at radius 3 is 2.26 bits per heavy atom. The fourth-order valence-electron chi connectivity index (χ4n) is 4.86. The third-order valence-corrected chi connectivity index (χ3v) is 7.51. The number of morpholine rings is 1. The molecule has 0 radical (unpaired) electrons. The van der Waals surface area contributed by atoms with E-state index in [0.717, 1.165) is 30.2 Å². The zero-order valence-electron chi connectivity index (χ0n) is 21.9. The summed E-state index contributed by atoms with van der Waals surface area (Å²) in [6, 6.07) is 20.6. The summed E-state index contributed by atoms with van der Waals surface area (Å²) in [5.74, 6) is 0.607. The van der Waals surface area contributed by atoms with Crippen molar-refractivity contribution in [2.75, 3.05) is 77.0 Å². The van der Waals surface area contributed by atoms with Gasteiger partial charge in [-0.2, -0.15) is 0 Å². The molecule has 2 aromatic carbocycles. The summed E-state index contributed by atoms with van der Waals surface area (Å²) in [6.45, 7) is 6.75. The highest BCUT2D eigenvalue weighted by atomic mass is 35.5. The molecule has 2 amide bonds. The summed E-state index contributed by atoms with van der Waals surface area (Å²) in [5, 5.41) is 9.42. The van der Waals surface area contributed by atoms with Crippen LogP contribution in [0, 0.1) is 0 Å². The smallest absolute Gasteiger partial charge is 0.254 e. The molecule has 3 aromatic rings. The van der Waals surface area contributed by atoms with E-state index in [4.69, 9.17) is 16.3 Å². The number of aromatic nitrogens is 2. The molecule has 2 fully saturated rings. The van der Waals surface area contributed by atoms with E-state index in [9.17, 15) is 9.59 Å². The number of nitrogens with zero attached hydrogens (tertiary/aromatic N) is 6. The third-order valence-electron chi connectivity index (χ3n) is 7.18. The number of halogens is 1. The van der Waals surface area contributed by atoms with Crippen LogP contribution >= 0.6 is 11.6 Å². The molecule has 0 aliphatic carbocycles. The normalized spacial score (nSPS) is 16.2. The number of amides is 2. The lowest BCUT2D eigenvalue weighted by atomic mass is 10.1. The number of benzene rings is 2.